The Balaban J connectivity index is 2.19. The Bertz CT molecular complexity index is 555. The zero-order valence-electron chi connectivity index (χ0n) is 11.6. The van der Waals surface area contributed by atoms with Crippen LogP contribution >= 0.6 is 0 Å². The average Bonchev–Trinajstić information content (AvgIpc) is 2.61. The predicted octanol–water partition coefficient (Wildman–Crippen LogP) is 2.59. The molecule has 0 aliphatic heterocycles. The lowest BCUT2D eigenvalue weighted by molar-refractivity contribution is 0.639. The third kappa shape index (κ3) is 2.62. The number of nitrogens with zero attached hydrogens (tertiary/aromatic N) is 2. The first-order valence-corrected chi connectivity index (χ1v) is 6.29. The van der Waals surface area contributed by atoms with Crippen molar-refractivity contribution >= 4 is 0 Å². The van der Waals surface area contributed by atoms with Crippen molar-refractivity contribution in [2.24, 2.45) is 12.8 Å². The molecule has 0 bridgehead atoms. The molecule has 0 aliphatic carbocycles. The van der Waals surface area contributed by atoms with E-state index in [2.05, 4.69) is 43.2 Å². The van der Waals surface area contributed by atoms with Crippen molar-refractivity contribution in [3.63, 3.8) is 0 Å². The molecule has 0 fully saturated rings. The van der Waals surface area contributed by atoms with Crippen molar-refractivity contribution in [3.8, 4) is 0 Å². The minimum Gasteiger partial charge on any atom is -0.324 e. The van der Waals surface area contributed by atoms with Gasteiger partial charge in [-0.15, -0.1) is 0 Å². The van der Waals surface area contributed by atoms with Gasteiger partial charge in [0.05, 0.1) is 5.69 Å². The fraction of sp³-hybridized carbons (Fsp3) is 0.400. The maximum Gasteiger partial charge on any atom is 0.0596 e. The molecule has 18 heavy (non-hydrogen) atoms. The van der Waals surface area contributed by atoms with Gasteiger partial charge in [-0.05, 0) is 43.5 Å². The Morgan fingerprint density at radius 2 is 1.89 bits per heavy atom. The summed E-state index contributed by atoms with van der Waals surface area (Å²) in [6.45, 7) is 6.25. The van der Waals surface area contributed by atoms with Crippen LogP contribution in [0.25, 0.3) is 0 Å². The highest BCUT2D eigenvalue weighted by molar-refractivity contribution is 5.32. The minimum absolute atomic E-state index is 0.0269. The molecule has 3 nitrogen and oxygen atoms in total. The van der Waals surface area contributed by atoms with Crippen LogP contribution in [0.3, 0.4) is 0 Å². The molecule has 0 radical (unpaired) electrons. The van der Waals surface area contributed by atoms with Crippen LogP contribution in [-0.2, 0) is 13.5 Å². The topological polar surface area (TPSA) is 43.8 Å². The maximum absolute atomic E-state index is 6.28. The molecule has 1 aromatic carbocycles. The first-order valence-electron chi connectivity index (χ1n) is 6.29. The van der Waals surface area contributed by atoms with E-state index in [1.165, 1.54) is 22.4 Å². The zero-order valence-corrected chi connectivity index (χ0v) is 11.6. The second kappa shape index (κ2) is 4.94. The van der Waals surface area contributed by atoms with Crippen molar-refractivity contribution in [2.75, 3.05) is 0 Å². The van der Waals surface area contributed by atoms with E-state index in [-0.39, 0.29) is 6.04 Å². The van der Waals surface area contributed by atoms with Crippen molar-refractivity contribution in [2.45, 2.75) is 33.2 Å². The number of aryl methyl sites for hydroxylation is 4. The van der Waals surface area contributed by atoms with E-state index >= 15 is 0 Å². The first-order chi connectivity index (χ1) is 8.47. The van der Waals surface area contributed by atoms with Gasteiger partial charge in [-0.25, -0.2) is 0 Å². The third-order valence-electron chi connectivity index (χ3n) is 3.49. The van der Waals surface area contributed by atoms with Gasteiger partial charge in [0.15, 0.2) is 0 Å². The quantitative estimate of drug-likeness (QED) is 0.900. The summed E-state index contributed by atoms with van der Waals surface area (Å²) in [4.78, 5) is 0. The van der Waals surface area contributed by atoms with Gasteiger partial charge in [0.25, 0.3) is 0 Å². The molecule has 3 heteroatoms. The van der Waals surface area contributed by atoms with Gasteiger partial charge in [0.1, 0.15) is 0 Å². The molecule has 0 saturated heterocycles. The average molecular weight is 243 g/mol. The number of aromatic nitrogens is 2. The molecule has 1 aromatic heterocycles. The summed E-state index contributed by atoms with van der Waals surface area (Å²) in [5.74, 6) is 0. The Kier molecular flexibility index (Phi) is 3.53. The van der Waals surface area contributed by atoms with E-state index in [0.29, 0.717) is 0 Å². The van der Waals surface area contributed by atoms with Crippen molar-refractivity contribution in [1.82, 2.24) is 9.78 Å². The Hall–Kier alpha value is -1.61. The van der Waals surface area contributed by atoms with E-state index in [9.17, 15) is 0 Å². The van der Waals surface area contributed by atoms with E-state index in [1.54, 1.807) is 0 Å². The summed E-state index contributed by atoms with van der Waals surface area (Å²) in [5, 5.41) is 4.35. The number of hydrogen-bond acceptors (Lipinski definition) is 2. The fourth-order valence-electron chi connectivity index (χ4n) is 2.19. The number of hydrogen-bond donors (Lipinski definition) is 1. The summed E-state index contributed by atoms with van der Waals surface area (Å²) in [6, 6.07) is 8.57. The third-order valence-corrected chi connectivity index (χ3v) is 3.49. The van der Waals surface area contributed by atoms with Crippen molar-refractivity contribution in [1.29, 1.82) is 0 Å². The van der Waals surface area contributed by atoms with Gasteiger partial charge in [0, 0.05) is 25.2 Å². The zero-order chi connectivity index (χ0) is 13.3. The molecule has 2 N–H and O–H groups in total. The lowest BCUT2D eigenvalue weighted by atomic mass is 9.98. The SMILES string of the molecule is Cc1cc(CC(N)c2ccc(C)c(C)c2)n(C)n1. The molecule has 1 heterocycles. The summed E-state index contributed by atoms with van der Waals surface area (Å²) in [5.41, 5.74) is 12.3. The standard InChI is InChI=1S/C15H21N3/c1-10-5-6-13(7-11(10)2)15(16)9-14-8-12(3)17-18(14)4/h5-8,15H,9,16H2,1-4H3. The summed E-state index contributed by atoms with van der Waals surface area (Å²) in [7, 11) is 1.97. The largest absolute Gasteiger partial charge is 0.324 e. The van der Waals surface area contributed by atoms with Crippen LogP contribution in [0.1, 0.15) is 34.1 Å². The van der Waals surface area contributed by atoms with Crippen molar-refractivity contribution in [3.05, 3.63) is 52.3 Å². The molecule has 96 valence electrons. The van der Waals surface area contributed by atoms with Crippen LogP contribution < -0.4 is 5.73 Å². The normalized spacial score (nSPS) is 12.7. The van der Waals surface area contributed by atoms with Crippen LogP contribution in [0.2, 0.25) is 0 Å². The smallest absolute Gasteiger partial charge is 0.0596 e. The molecular weight excluding hydrogens is 222 g/mol. The van der Waals surface area contributed by atoms with Crippen LogP contribution in [0.5, 0.6) is 0 Å². The highest BCUT2D eigenvalue weighted by Gasteiger charge is 2.11. The van der Waals surface area contributed by atoms with Gasteiger partial charge < -0.3 is 5.73 Å². The molecule has 2 rings (SSSR count). The summed E-state index contributed by atoms with van der Waals surface area (Å²) < 4.78 is 1.91. The monoisotopic (exact) mass is 243 g/mol. The summed E-state index contributed by atoms with van der Waals surface area (Å²) >= 11 is 0. The van der Waals surface area contributed by atoms with Crippen molar-refractivity contribution < 1.29 is 0 Å². The molecule has 0 amide bonds. The highest BCUT2D eigenvalue weighted by Crippen LogP contribution is 2.19. The van der Waals surface area contributed by atoms with Gasteiger partial charge in [-0.3, -0.25) is 4.68 Å². The highest BCUT2D eigenvalue weighted by atomic mass is 15.3. The van der Waals surface area contributed by atoms with Gasteiger partial charge in [-0.2, -0.15) is 5.10 Å². The second-order valence-corrected chi connectivity index (χ2v) is 5.05. The van der Waals surface area contributed by atoms with Crippen LogP contribution in [0.15, 0.2) is 24.3 Å². The van der Waals surface area contributed by atoms with E-state index in [1.807, 2.05) is 18.7 Å². The second-order valence-electron chi connectivity index (χ2n) is 5.05. The Morgan fingerprint density at radius 3 is 2.44 bits per heavy atom. The van der Waals surface area contributed by atoms with Crippen LogP contribution in [0, 0.1) is 20.8 Å². The maximum atomic E-state index is 6.28. The minimum atomic E-state index is 0.0269. The van der Waals surface area contributed by atoms with Gasteiger partial charge >= 0.3 is 0 Å². The van der Waals surface area contributed by atoms with Gasteiger partial charge in [0.2, 0.25) is 0 Å². The molecule has 1 atom stereocenters. The van der Waals surface area contributed by atoms with Crippen LogP contribution in [0.4, 0.5) is 0 Å². The molecule has 0 aliphatic rings. The Morgan fingerprint density at radius 1 is 1.17 bits per heavy atom. The number of benzene rings is 1. The molecular formula is C15H21N3. The first kappa shape index (κ1) is 12.8. The lowest BCUT2D eigenvalue weighted by Crippen LogP contribution is -2.15. The number of nitrogens with two attached hydrogens (primary N) is 1. The summed E-state index contributed by atoms with van der Waals surface area (Å²) in [6.07, 6.45) is 0.819. The van der Waals surface area contributed by atoms with E-state index in [0.717, 1.165) is 12.1 Å². The molecule has 1 unspecified atom stereocenters. The van der Waals surface area contributed by atoms with Gasteiger partial charge in [-0.1, -0.05) is 18.2 Å². The van der Waals surface area contributed by atoms with E-state index in [4.69, 9.17) is 5.73 Å². The fourth-order valence-corrected chi connectivity index (χ4v) is 2.19. The number of rotatable bonds is 3. The molecule has 0 saturated carbocycles. The molecule has 2 aromatic rings. The Labute approximate surface area is 109 Å². The molecule has 0 spiro atoms. The predicted molar refractivity (Wildman–Crippen MR) is 74.5 cm³/mol. The van der Waals surface area contributed by atoms with E-state index < -0.39 is 0 Å². The lowest BCUT2D eigenvalue weighted by Gasteiger charge is -2.13. The van der Waals surface area contributed by atoms with Crippen LogP contribution in [-0.4, -0.2) is 9.78 Å².